The third kappa shape index (κ3) is 3.42. The summed E-state index contributed by atoms with van der Waals surface area (Å²) in [6, 6.07) is 3.92. The molecule has 0 bridgehead atoms. The molecule has 1 unspecified atom stereocenters. The fourth-order valence-corrected chi connectivity index (χ4v) is 4.12. The average molecular weight is 342 g/mol. The second kappa shape index (κ2) is 6.67. The SMILES string of the molecule is CCNC(=O)C(NS(=O)(=O)c1cccc2nsnc12)C(C)C. The number of benzene rings is 1. The normalized spacial score (nSPS) is 13.5. The molecule has 1 aromatic carbocycles. The third-order valence-corrected chi connectivity index (χ3v) is 5.14. The first kappa shape index (κ1) is 16.8. The molecule has 0 fully saturated rings. The van der Waals surface area contributed by atoms with E-state index in [9.17, 15) is 13.2 Å². The van der Waals surface area contributed by atoms with Crippen LogP contribution >= 0.6 is 11.7 Å². The Balaban J connectivity index is 2.37. The first-order valence-corrected chi connectivity index (χ1v) is 9.09. The van der Waals surface area contributed by atoms with Crippen molar-refractivity contribution in [2.24, 2.45) is 5.92 Å². The number of rotatable bonds is 6. The van der Waals surface area contributed by atoms with E-state index in [4.69, 9.17) is 0 Å². The van der Waals surface area contributed by atoms with Gasteiger partial charge in [0, 0.05) is 6.54 Å². The van der Waals surface area contributed by atoms with Crippen molar-refractivity contribution in [3.05, 3.63) is 18.2 Å². The van der Waals surface area contributed by atoms with Gasteiger partial charge in [-0.15, -0.1) is 0 Å². The van der Waals surface area contributed by atoms with Gasteiger partial charge in [-0.1, -0.05) is 19.9 Å². The van der Waals surface area contributed by atoms with E-state index < -0.39 is 16.1 Å². The highest BCUT2D eigenvalue weighted by Gasteiger charge is 2.29. The molecule has 9 heteroatoms. The molecule has 2 N–H and O–H groups in total. The lowest BCUT2D eigenvalue weighted by Crippen LogP contribution is -2.49. The highest BCUT2D eigenvalue weighted by molar-refractivity contribution is 7.89. The Morgan fingerprint density at radius 1 is 1.32 bits per heavy atom. The van der Waals surface area contributed by atoms with Crippen molar-refractivity contribution in [2.45, 2.75) is 31.7 Å². The molecule has 7 nitrogen and oxygen atoms in total. The number of aromatic nitrogens is 2. The van der Waals surface area contributed by atoms with Crippen LogP contribution in [0, 0.1) is 5.92 Å². The summed E-state index contributed by atoms with van der Waals surface area (Å²) >= 11 is 0.951. The van der Waals surface area contributed by atoms with Crippen LogP contribution in [0.3, 0.4) is 0 Å². The number of fused-ring (bicyclic) bond motifs is 1. The lowest BCUT2D eigenvalue weighted by atomic mass is 10.1. The molecule has 1 atom stereocenters. The van der Waals surface area contributed by atoms with Gasteiger partial charge in [0.1, 0.15) is 22.0 Å². The first-order chi connectivity index (χ1) is 10.4. The molecular weight excluding hydrogens is 324 g/mol. The molecule has 120 valence electrons. The van der Waals surface area contributed by atoms with Crippen LogP contribution in [0.1, 0.15) is 20.8 Å². The van der Waals surface area contributed by atoms with Crippen molar-refractivity contribution in [2.75, 3.05) is 6.54 Å². The minimum absolute atomic E-state index is 0.0358. The molecule has 0 radical (unpaired) electrons. The van der Waals surface area contributed by atoms with Crippen LogP contribution in [0.4, 0.5) is 0 Å². The summed E-state index contributed by atoms with van der Waals surface area (Å²) in [5, 5.41) is 2.64. The molecule has 0 aliphatic carbocycles. The standard InChI is InChI=1S/C13H18N4O3S2/c1-4-14-13(18)11(8(2)3)17-22(19,20)10-7-5-6-9-12(10)16-21-15-9/h5-8,11,17H,4H2,1-3H3,(H,14,18). The van der Waals surface area contributed by atoms with Crippen LogP contribution in [0.5, 0.6) is 0 Å². The van der Waals surface area contributed by atoms with E-state index in [2.05, 4.69) is 18.8 Å². The van der Waals surface area contributed by atoms with Gasteiger partial charge in [0.05, 0.1) is 11.7 Å². The number of nitrogens with one attached hydrogen (secondary N) is 2. The summed E-state index contributed by atoms with van der Waals surface area (Å²) < 4.78 is 35.8. The van der Waals surface area contributed by atoms with Gasteiger partial charge in [0.25, 0.3) is 0 Å². The largest absolute Gasteiger partial charge is 0.355 e. The van der Waals surface area contributed by atoms with E-state index in [1.54, 1.807) is 32.9 Å². The number of carbonyl (C=O) groups is 1. The second-order valence-electron chi connectivity index (χ2n) is 5.13. The predicted octanol–water partition coefficient (Wildman–Crippen LogP) is 1.13. The summed E-state index contributed by atoms with van der Waals surface area (Å²) in [7, 11) is -3.87. The number of likely N-dealkylation sites (N-methyl/N-ethyl adjacent to an activating group) is 1. The quantitative estimate of drug-likeness (QED) is 0.819. The van der Waals surface area contributed by atoms with Crippen LogP contribution in [0.2, 0.25) is 0 Å². The van der Waals surface area contributed by atoms with Crippen molar-refractivity contribution in [1.82, 2.24) is 18.8 Å². The molecule has 2 rings (SSSR count). The zero-order valence-corrected chi connectivity index (χ0v) is 14.2. The number of sulfonamides is 1. The fraction of sp³-hybridized carbons (Fsp3) is 0.462. The van der Waals surface area contributed by atoms with E-state index in [1.807, 2.05) is 0 Å². The summed E-state index contributed by atoms with van der Waals surface area (Å²) in [4.78, 5) is 12.1. The van der Waals surface area contributed by atoms with Crippen LogP contribution in [0.15, 0.2) is 23.1 Å². The van der Waals surface area contributed by atoms with Gasteiger partial charge in [-0.05, 0) is 25.0 Å². The Bertz CT molecular complexity index is 770. The highest BCUT2D eigenvalue weighted by Crippen LogP contribution is 2.21. The third-order valence-electron chi connectivity index (χ3n) is 3.12. The van der Waals surface area contributed by atoms with Crippen LogP contribution in [-0.2, 0) is 14.8 Å². The molecule has 2 aromatic rings. The van der Waals surface area contributed by atoms with Crippen molar-refractivity contribution >= 4 is 38.7 Å². The van der Waals surface area contributed by atoms with Gasteiger partial charge in [-0.25, -0.2) is 8.42 Å². The topological polar surface area (TPSA) is 101 Å². The number of amides is 1. The minimum Gasteiger partial charge on any atom is -0.355 e. The number of hydrogen-bond donors (Lipinski definition) is 2. The van der Waals surface area contributed by atoms with E-state index in [-0.39, 0.29) is 16.7 Å². The maximum atomic E-state index is 12.6. The minimum atomic E-state index is -3.87. The lowest BCUT2D eigenvalue weighted by molar-refractivity contribution is -0.123. The van der Waals surface area contributed by atoms with Crippen LogP contribution < -0.4 is 10.0 Å². The van der Waals surface area contributed by atoms with E-state index >= 15 is 0 Å². The molecule has 1 amide bonds. The molecule has 0 saturated heterocycles. The Hall–Kier alpha value is -1.58. The monoisotopic (exact) mass is 342 g/mol. The molecule has 0 saturated carbocycles. The molecular formula is C13H18N4O3S2. The number of nitrogens with zero attached hydrogens (tertiary/aromatic N) is 2. The smallest absolute Gasteiger partial charge is 0.243 e. The Morgan fingerprint density at radius 3 is 2.68 bits per heavy atom. The van der Waals surface area contributed by atoms with Crippen molar-refractivity contribution < 1.29 is 13.2 Å². The summed E-state index contributed by atoms with van der Waals surface area (Å²) in [5.41, 5.74) is 0.838. The average Bonchev–Trinajstić information content (AvgIpc) is 2.92. The summed E-state index contributed by atoms with van der Waals surface area (Å²) in [6.45, 7) is 5.79. The van der Waals surface area contributed by atoms with Gasteiger partial charge >= 0.3 is 0 Å². The van der Waals surface area contributed by atoms with Crippen LogP contribution in [-0.4, -0.2) is 35.7 Å². The number of carbonyl (C=O) groups excluding carboxylic acids is 1. The van der Waals surface area contributed by atoms with Gasteiger partial charge in [-0.2, -0.15) is 13.5 Å². The molecule has 22 heavy (non-hydrogen) atoms. The fourth-order valence-electron chi connectivity index (χ4n) is 2.01. The molecule has 1 heterocycles. The Kier molecular flexibility index (Phi) is 5.09. The van der Waals surface area contributed by atoms with Gasteiger partial charge in [0.15, 0.2) is 0 Å². The highest BCUT2D eigenvalue weighted by atomic mass is 32.2. The van der Waals surface area contributed by atoms with Crippen LogP contribution in [0.25, 0.3) is 11.0 Å². The zero-order valence-electron chi connectivity index (χ0n) is 12.5. The summed E-state index contributed by atoms with van der Waals surface area (Å²) in [6.07, 6.45) is 0. The maximum absolute atomic E-state index is 12.6. The van der Waals surface area contributed by atoms with Crippen molar-refractivity contribution in [1.29, 1.82) is 0 Å². The molecule has 0 aliphatic heterocycles. The predicted molar refractivity (Wildman–Crippen MR) is 85.0 cm³/mol. The van der Waals surface area contributed by atoms with Gasteiger partial charge in [0.2, 0.25) is 15.9 Å². The van der Waals surface area contributed by atoms with E-state index in [0.29, 0.717) is 17.6 Å². The van der Waals surface area contributed by atoms with Crippen molar-refractivity contribution in [3.63, 3.8) is 0 Å². The maximum Gasteiger partial charge on any atom is 0.243 e. The molecule has 0 aliphatic rings. The first-order valence-electron chi connectivity index (χ1n) is 6.88. The Morgan fingerprint density at radius 2 is 2.05 bits per heavy atom. The van der Waals surface area contributed by atoms with E-state index in [0.717, 1.165) is 11.7 Å². The number of hydrogen-bond acceptors (Lipinski definition) is 6. The molecule has 0 spiro atoms. The second-order valence-corrected chi connectivity index (χ2v) is 7.34. The molecule has 1 aromatic heterocycles. The van der Waals surface area contributed by atoms with Gasteiger partial charge < -0.3 is 5.32 Å². The van der Waals surface area contributed by atoms with E-state index in [1.165, 1.54) is 6.07 Å². The Labute approximate surface area is 133 Å². The van der Waals surface area contributed by atoms with Gasteiger partial charge in [-0.3, -0.25) is 4.79 Å². The lowest BCUT2D eigenvalue weighted by Gasteiger charge is -2.21. The zero-order chi connectivity index (χ0) is 16.3. The summed E-state index contributed by atoms with van der Waals surface area (Å²) in [5.74, 6) is -0.529. The van der Waals surface area contributed by atoms with Crippen molar-refractivity contribution in [3.8, 4) is 0 Å².